The average molecular weight is 564 g/mol. The molecule has 0 spiro atoms. The first-order valence-electron chi connectivity index (χ1n) is 14.0. The van der Waals surface area contributed by atoms with Crippen LogP contribution in [0.1, 0.15) is 67.0 Å². The molecule has 4 aromatic rings. The fourth-order valence-corrected chi connectivity index (χ4v) is 6.35. The minimum absolute atomic E-state index is 0.0374. The van der Waals surface area contributed by atoms with E-state index in [2.05, 4.69) is 23.9 Å². The lowest BCUT2D eigenvalue weighted by Gasteiger charge is -2.43. The molecule has 0 saturated carbocycles. The van der Waals surface area contributed by atoms with Gasteiger partial charge in [0.1, 0.15) is 17.4 Å². The average Bonchev–Trinajstić information content (AvgIpc) is 3.28. The van der Waals surface area contributed by atoms with Crippen molar-refractivity contribution in [2.75, 3.05) is 12.0 Å². The highest BCUT2D eigenvalue weighted by molar-refractivity contribution is 6.03. The molecule has 42 heavy (non-hydrogen) atoms. The van der Waals surface area contributed by atoms with E-state index < -0.39 is 5.92 Å². The zero-order valence-corrected chi connectivity index (χ0v) is 24.6. The Labute approximate surface area is 243 Å². The van der Waals surface area contributed by atoms with Gasteiger partial charge in [-0.25, -0.2) is 4.98 Å². The highest BCUT2D eigenvalue weighted by Gasteiger charge is 2.47. The SMILES string of the molecule is COc1ccc(C2C3=C(CC(C)(C)CC3=O)N(c3c(-c4ccccc4)c(C)nn3C(C)=O)c3nc(C)[nH]c(=O)c32)cc1. The van der Waals surface area contributed by atoms with Crippen molar-refractivity contribution in [1.82, 2.24) is 19.7 Å². The van der Waals surface area contributed by atoms with Gasteiger partial charge in [0.05, 0.1) is 18.4 Å². The number of aromatic amines is 1. The molecule has 0 fully saturated rings. The number of aromatic nitrogens is 4. The molecule has 9 nitrogen and oxygen atoms in total. The normalized spacial score (nSPS) is 17.6. The molecule has 0 amide bonds. The molecule has 2 aromatic heterocycles. The Balaban J connectivity index is 1.75. The second-order valence-electron chi connectivity index (χ2n) is 11.8. The number of anilines is 2. The van der Waals surface area contributed by atoms with Crippen LogP contribution in [0.15, 0.2) is 70.7 Å². The number of carbonyl (C=O) groups excluding carboxylic acids is 2. The monoisotopic (exact) mass is 563 g/mol. The summed E-state index contributed by atoms with van der Waals surface area (Å²) >= 11 is 0. The van der Waals surface area contributed by atoms with E-state index >= 15 is 0 Å². The van der Waals surface area contributed by atoms with E-state index in [9.17, 15) is 14.4 Å². The standard InChI is InChI=1S/C33H33N5O4/c1-18-26(21-10-8-7-9-11-21)32(38(36-18)20(3)39)37-24-16-33(4,5)17-25(40)28(24)27(22-12-14-23(42-6)15-13-22)29-30(37)34-19(2)35-31(29)41/h7-15,27H,16-17H2,1-6H3,(H,34,35,41). The molecule has 1 aliphatic carbocycles. The maximum Gasteiger partial charge on any atom is 0.257 e. The largest absolute Gasteiger partial charge is 0.497 e. The molecule has 214 valence electrons. The highest BCUT2D eigenvalue weighted by atomic mass is 16.5. The number of ether oxygens (including phenoxy) is 1. The third-order valence-electron chi connectivity index (χ3n) is 8.07. The van der Waals surface area contributed by atoms with Gasteiger partial charge in [-0.1, -0.05) is 56.3 Å². The van der Waals surface area contributed by atoms with Gasteiger partial charge >= 0.3 is 0 Å². The Morgan fingerprint density at radius 1 is 1.02 bits per heavy atom. The van der Waals surface area contributed by atoms with E-state index in [4.69, 9.17) is 9.72 Å². The predicted molar refractivity (Wildman–Crippen MR) is 160 cm³/mol. The maximum atomic E-state index is 14.2. The van der Waals surface area contributed by atoms with Crippen LogP contribution >= 0.6 is 0 Å². The summed E-state index contributed by atoms with van der Waals surface area (Å²) in [6.07, 6.45) is 0.861. The number of H-pyrrole nitrogens is 1. The molecule has 3 heterocycles. The van der Waals surface area contributed by atoms with Crippen LogP contribution in [-0.2, 0) is 4.79 Å². The van der Waals surface area contributed by atoms with E-state index in [1.165, 1.54) is 11.6 Å². The minimum atomic E-state index is -0.646. The summed E-state index contributed by atoms with van der Waals surface area (Å²) in [6.45, 7) is 9.17. The first-order valence-corrected chi connectivity index (χ1v) is 14.0. The first-order chi connectivity index (χ1) is 20.0. The van der Waals surface area contributed by atoms with E-state index in [0.717, 1.165) is 22.4 Å². The smallest absolute Gasteiger partial charge is 0.257 e. The summed E-state index contributed by atoms with van der Waals surface area (Å²) in [7, 11) is 1.60. The van der Waals surface area contributed by atoms with Crippen molar-refractivity contribution in [3.05, 3.63) is 98.9 Å². The zero-order chi connectivity index (χ0) is 29.9. The quantitative estimate of drug-likeness (QED) is 0.332. The molecule has 2 aliphatic rings. The number of allylic oxidation sites excluding steroid dienone is 2. The predicted octanol–water partition coefficient (Wildman–Crippen LogP) is 5.85. The van der Waals surface area contributed by atoms with Crippen molar-refractivity contribution in [3.8, 4) is 16.9 Å². The van der Waals surface area contributed by atoms with Gasteiger partial charge < -0.3 is 9.72 Å². The first kappa shape index (κ1) is 27.4. The summed E-state index contributed by atoms with van der Waals surface area (Å²) in [5.41, 5.74) is 3.95. The van der Waals surface area contributed by atoms with Crippen molar-refractivity contribution in [2.45, 2.75) is 53.4 Å². The van der Waals surface area contributed by atoms with Crippen LogP contribution < -0.4 is 15.2 Å². The molecule has 0 radical (unpaired) electrons. The summed E-state index contributed by atoms with van der Waals surface area (Å²) < 4.78 is 6.74. The summed E-state index contributed by atoms with van der Waals surface area (Å²) in [5, 5.41) is 4.66. The van der Waals surface area contributed by atoms with Gasteiger partial charge in [0.15, 0.2) is 11.6 Å². The van der Waals surface area contributed by atoms with Gasteiger partial charge in [0, 0.05) is 36.1 Å². The van der Waals surface area contributed by atoms with Crippen LogP contribution in [-0.4, -0.2) is 38.5 Å². The second-order valence-corrected chi connectivity index (χ2v) is 11.8. The highest BCUT2D eigenvalue weighted by Crippen LogP contribution is 2.54. The van der Waals surface area contributed by atoms with Crippen LogP contribution in [0, 0.1) is 19.3 Å². The van der Waals surface area contributed by atoms with Crippen LogP contribution in [0.5, 0.6) is 5.75 Å². The third-order valence-corrected chi connectivity index (χ3v) is 8.07. The van der Waals surface area contributed by atoms with Crippen LogP contribution in [0.2, 0.25) is 0 Å². The number of nitrogens with zero attached hydrogens (tertiary/aromatic N) is 4. The number of hydrogen-bond acceptors (Lipinski definition) is 7. The molecule has 1 N–H and O–H groups in total. The van der Waals surface area contributed by atoms with Gasteiger partial charge in [-0.3, -0.25) is 19.3 Å². The number of carbonyl (C=O) groups is 2. The van der Waals surface area contributed by atoms with E-state index in [-0.39, 0.29) is 22.7 Å². The summed E-state index contributed by atoms with van der Waals surface area (Å²) in [6, 6.07) is 17.1. The van der Waals surface area contributed by atoms with Crippen LogP contribution in [0.25, 0.3) is 11.1 Å². The van der Waals surface area contributed by atoms with Crippen molar-refractivity contribution < 1.29 is 14.3 Å². The summed E-state index contributed by atoms with van der Waals surface area (Å²) in [5.74, 6) is 0.980. The van der Waals surface area contributed by atoms with Gasteiger partial charge in [-0.15, -0.1) is 0 Å². The molecular formula is C33H33N5O4. The molecule has 6 rings (SSSR count). The van der Waals surface area contributed by atoms with Crippen LogP contribution in [0.4, 0.5) is 11.6 Å². The lowest BCUT2D eigenvalue weighted by Crippen LogP contribution is -2.41. The van der Waals surface area contributed by atoms with Gasteiger partial charge in [-0.05, 0) is 48.9 Å². The number of nitrogens with one attached hydrogen (secondary N) is 1. The number of aryl methyl sites for hydroxylation is 2. The molecule has 1 aliphatic heterocycles. The molecule has 2 aromatic carbocycles. The number of ketones is 1. The topological polar surface area (TPSA) is 110 Å². The van der Waals surface area contributed by atoms with Crippen molar-refractivity contribution in [1.29, 1.82) is 0 Å². The van der Waals surface area contributed by atoms with Gasteiger partial charge in [-0.2, -0.15) is 9.78 Å². The van der Waals surface area contributed by atoms with Crippen molar-refractivity contribution in [3.63, 3.8) is 0 Å². The Kier molecular flexibility index (Phi) is 6.48. The Hall–Kier alpha value is -4.79. The maximum absolute atomic E-state index is 14.2. The number of rotatable bonds is 4. The fourth-order valence-electron chi connectivity index (χ4n) is 6.35. The van der Waals surface area contributed by atoms with Crippen molar-refractivity contribution >= 4 is 23.3 Å². The van der Waals surface area contributed by atoms with E-state index in [1.807, 2.05) is 66.4 Å². The zero-order valence-electron chi connectivity index (χ0n) is 24.6. The van der Waals surface area contributed by atoms with E-state index in [0.29, 0.717) is 52.9 Å². The molecule has 9 heteroatoms. The molecule has 0 saturated heterocycles. The van der Waals surface area contributed by atoms with Gasteiger partial charge in [0.2, 0.25) is 5.91 Å². The summed E-state index contributed by atoms with van der Waals surface area (Å²) in [4.78, 5) is 50.8. The van der Waals surface area contributed by atoms with Crippen LogP contribution in [0.3, 0.4) is 0 Å². The lowest BCUT2D eigenvalue weighted by molar-refractivity contribution is -0.118. The Morgan fingerprint density at radius 2 is 1.71 bits per heavy atom. The second kappa shape index (κ2) is 9.94. The molecule has 0 bridgehead atoms. The molecular weight excluding hydrogens is 530 g/mol. The number of benzene rings is 2. The number of hydrogen-bond donors (Lipinski definition) is 1. The molecule has 1 unspecified atom stereocenters. The molecule has 1 atom stereocenters. The Morgan fingerprint density at radius 3 is 2.36 bits per heavy atom. The minimum Gasteiger partial charge on any atom is -0.497 e. The number of Topliss-reactive ketones (excluding diaryl/α,β-unsaturated/α-hetero) is 1. The third kappa shape index (κ3) is 4.36. The lowest BCUT2D eigenvalue weighted by atomic mass is 9.68. The Bertz CT molecular complexity index is 1830. The van der Waals surface area contributed by atoms with Gasteiger partial charge in [0.25, 0.3) is 5.56 Å². The number of fused-ring (bicyclic) bond motifs is 1. The van der Waals surface area contributed by atoms with Crippen molar-refractivity contribution in [2.24, 2.45) is 5.41 Å². The van der Waals surface area contributed by atoms with E-state index in [1.54, 1.807) is 14.0 Å². The number of methoxy groups -OCH3 is 1. The fraction of sp³-hybridized carbons (Fsp3) is 0.303.